The summed E-state index contributed by atoms with van der Waals surface area (Å²) in [5.74, 6) is 0. The van der Waals surface area contributed by atoms with Crippen LogP contribution in [0.15, 0.2) is 24.3 Å². The molecule has 0 saturated carbocycles. The molecule has 0 amide bonds. The van der Waals surface area contributed by atoms with Crippen LogP contribution >= 0.6 is 0 Å². The number of hydrogen-bond donors (Lipinski definition) is 2. The van der Waals surface area contributed by atoms with Crippen LogP contribution in [0.3, 0.4) is 0 Å². The number of nitrogens with zero attached hydrogens (tertiary/aromatic N) is 1. The summed E-state index contributed by atoms with van der Waals surface area (Å²) in [6.07, 6.45) is 4.62. The lowest BCUT2D eigenvalue weighted by atomic mass is 9.74. The fourth-order valence-corrected chi connectivity index (χ4v) is 3.28. The number of rotatable bonds is 5. The second kappa shape index (κ2) is 6.59. The molecule has 0 radical (unpaired) electrons. The second-order valence-corrected chi connectivity index (χ2v) is 6.19. The SMILES string of the molecule is CCC1(CC)CCN(CC(O)c2cccc(N)c2)CC1. The van der Waals surface area contributed by atoms with Gasteiger partial charge in [-0.05, 0) is 49.0 Å². The zero-order valence-electron chi connectivity index (χ0n) is 12.8. The molecular formula is C17H28N2O. The van der Waals surface area contributed by atoms with E-state index in [0.29, 0.717) is 12.0 Å². The first-order chi connectivity index (χ1) is 9.58. The van der Waals surface area contributed by atoms with Crippen LogP contribution in [0, 0.1) is 5.41 Å². The molecule has 0 spiro atoms. The molecule has 1 aliphatic heterocycles. The van der Waals surface area contributed by atoms with Crippen molar-refractivity contribution < 1.29 is 5.11 Å². The van der Waals surface area contributed by atoms with Gasteiger partial charge in [-0.3, -0.25) is 0 Å². The number of β-amino-alcohol motifs (C(OH)–C–C–N with tert-alkyl or cyclic N) is 1. The summed E-state index contributed by atoms with van der Waals surface area (Å²) in [4.78, 5) is 2.39. The first kappa shape index (κ1) is 15.3. The minimum absolute atomic E-state index is 0.436. The smallest absolute Gasteiger partial charge is 0.0917 e. The normalized spacial score (nSPS) is 20.8. The molecule has 2 rings (SSSR count). The first-order valence-electron chi connectivity index (χ1n) is 7.84. The van der Waals surface area contributed by atoms with E-state index in [1.807, 2.05) is 24.3 Å². The highest BCUT2D eigenvalue weighted by Crippen LogP contribution is 2.38. The summed E-state index contributed by atoms with van der Waals surface area (Å²) < 4.78 is 0. The number of nitrogen functional groups attached to an aromatic ring is 1. The summed E-state index contributed by atoms with van der Waals surface area (Å²) in [6.45, 7) is 7.52. The average molecular weight is 276 g/mol. The minimum atomic E-state index is -0.436. The maximum atomic E-state index is 10.3. The maximum absolute atomic E-state index is 10.3. The summed E-state index contributed by atoms with van der Waals surface area (Å²) in [6, 6.07) is 7.58. The van der Waals surface area contributed by atoms with Gasteiger partial charge in [-0.1, -0.05) is 38.8 Å². The Balaban J connectivity index is 1.89. The van der Waals surface area contributed by atoms with Gasteiger partial charge in [0, 0.05) is 12.2 Å². The van der Waals surface area contributed by atoms with E-state index in [1.165, 1.54) is 25.7 Å². The Bertz CT molecular complexity index is 419. The molecule has 3 heteroatoms. The van der Waals surface area contributed by atoms with Crippen LogP contribution < -0.4 is 5.73 Å². The number of aliphatic hydroxyl groups is 1. The minimum Gasteiger partial charge on any atom is -0.399 e. The topological polar surface area (TPSA) is 49.5 Å². The third-order valence-electron chi connectivity index (χ3n) is 5.14. The van der Waals surface area contributed by atoms with Crippen molar-refractivity contribution in [3.05, 3.63) is 29.8 Å². The van der Waals surface area contributed by atoms with Crippen LogP contribution in [0.25, 0.3) is 0 Å². The number of likely N-dealkylation sites (tertiary alicyclic amines) is 1. The van der Waals surface area contributed by atoms with E-state index in [1.54, 1.807) is 0 Å². The second-order valence-electron chi connectivity index (χ2n) is 6.19. The molecular weight excluding hydrogens is 248 g/mol. The molecule has 3 N–H and O–H groups in total. The Kier molecular flexibility index (Phi) is 5.06. The predicted octanol–water partition coefficient (Wildman–Crippen LogP) is 3.20. The van der Waals surface area contributed by atoms with Crippen LogP contribution in [0.5, 0.6) is 0 Å². The van der Waals surface area contributed by atoms with Crippen molar-refractivity contribution in [2.75, 3.05) is 25.4 Å². The van der Waals surface area contributed by atoms with Crippen molar-refractivity contribution in [1.82, 2.24) is 4.90 Å². The highest BCUT2D eigenvalue weighted by Gasteiger charge is 2.31. The monoisotopic (exact) mass is 276 g/mol. The van der Waals surface area contributed by atoms with E-state index in [-0.39, 0.29) is 0 Å². The highest BCUT2D eigenvalue weighted by molar-refractivity contribution is 5.41. The highest BCUT2D eigenvalue weighted by atomic mass is 16.3. The fourth-order valence-electron chi connectivity index (χ4n) is 3.28. The molecule has 1 unspecified atom stereocenters. The Morgan fingerprint density at radius 3 is 2.45 bits per heavy atom. The van der Waals surface area contributed by atoms with Crippen LogP contribution in [0.4, 0.5) is 5.69 Å². The Morgan fingerprint density at radius 1 is 1.25 bits per heavy atom. The van der Waals surface area contributed by atoms with Crippen LogP contribution in [-0.2, 0) is 0 Å². The number of nitrogens with two attached hydrogens (primary N) is 1. The molecule has 1 heterocycles. The van der Waals surface area contributed by atoms with Gasteiger partial charge in [0.05, 0.1) is 6.10 Å². The number of piperidine rings is 1. The number of anilines is 1. The van der Waals surface area contributed by atoms with Gasteiger partial charge < -0.3 is 15.7 Å². The lowest BCUT2D eigenvalue weighted by molar-refractivity contribution is 0.0532. The van der Waals surface area contributed by atoms with E-state index < -0.39 is 6.10 Å². The number of aliphatic hydroxyl groups excluding tert-OH is 1. The van der Waals surface area contributed by atoms with Gasteiger partial charge in [-0.25, -0.2) is 0 Å². The van der Waals surface area contributed by atoms with Crippen LogP contribution in [0.1, 0.15) is 51.2 Å². The standard InChI is InChI=1S/C17H28N2O/c1-3-17(4-2)8-10-19(11-9-17)13-16(20)14-6-5-7-15(18)12-14/h5-7,12,16,20H,3-4,8-11,13,18H2,1-2H3. The molecule has 1 aromatic carbocycles. The summed E-state index contributed by atoms with van der Waals surface area (Å²) in [5, 5.41) is 10.3. The maximum Gasteiger partial charge on any atom is 0.0917 e. The van der Waals surface area contributed by atoms with Crippen LogP contribution in [0.2, 0.25) is 0 Å². The molecule has 0 aliphatic carbocycles. The van der Waals surface area contributed by atoms with Gasteiger partial charge in [-0.2, -0.15) is 0 Å². The predicted molar refractivity (Wildman–Crippen MR) is 84.5 cm³/mol. The van der Waals surface area contributed by atoms with E-state index in [9.17, 15) is 5.11 Å². The van der Waals surface area contributed by atoms with Gasteiger partial charge in [0.1, 0.15) is 0 Å². The van der Waals surface area contributed by atoms with Crippen molar-refractivity contribution in [3.63, 3.8) is 0 Å². The zero-order chi connectivity index (χ0) is 14.6. The molecule has 1 aromatic rings. The summed E-state index contributed by atoms with van der Waals surface area (Å²) in [7, 11) is 0. The Labute approximate surface area is 122 Å². The van der Waals surface area contributed by atoms with Crippen molar-refractivity contribution >= 4 is 5.69 Å². The van der Waals surface area contributed by atoms with Gasteiger partial charge in [0.2, 0.25) is 0 Å². The average Bonchev–Trinajstić information content (AvgIpc) is 2.48. The lowest BCUT2D eigenvalue weighted by Crippen LogP contribution is -2.41. The summed E-state index contributed by atoms with van der Waals surface area (Å²) in [5.41, 5.74) is 7.96. The number of hydrogen-bond acceptors (Lipinski definition) is 3. The molecule has 1 atom stereocenters. The van der Waals surface area contributed by atoms with E-state index in [4.69, 9.17) is 5.73 Å². The summed E-state index contributed by atoms with van der Waals surface area (Å²) >= 11 is 0. The zero-order valence-corrected chi connectivity index (χ0v) is 12.8. The molecule has 112 valence electrons. The van der Waals surface area contributed by atoms with E-state index in [0.717, 1.165) is 24.3 Å². The largest absolute Gasteiger partial charge is 0.399 e. The number of benzene rings is 1. The molecule has 1 fully saturated rings. The molecule has 0 aromatic heterocycles. The molecule has 0 bridgehead atoms. The van der Waals surface area contributed by atoms with Crippen molar-refractivity contribution in [2.45, 2.75) is 45.6 Å². The molecule has 1 saturated heterocycles. The van der Waals surface area contributed by atoms with Gasteiger partial charge >= 0.3 is 0 Å². The van der Waals surface area contributed by atoms with Crippen molar-refractivity contribution in [2.24, 2.45) is 5.41 Å². The third-order valence-corrected chi connectivity index (χ3v) is 5.14. The Morgan fingerprint density at radius 2 is 1.90 bits per heavy atom. The van der Waals surface area contributed by atoms with Gasteiger partial charge in [0.15, 0.2) is 0 Å². The van der Waals surface area contributed by atoms with E-state index in [2.05, 4.69) is 18.7 Å². The van der Waals surface area contributed by atoms with Gasteiger partial charge in [0.25, 0.3) is 0 Å². The molecule has 1 aliphatic rings. The van der Waals surface area contributed by atoms with Crippen molar-refractivity contribution in [3.8, 4) is 0 Å². The Hall–Kier alpha value is -1.06. The lowest BCUT2D eigenvalue weighted by Gasteiger charge is -2.41. The molecule has 20 heavy (non-hydrogen) atoms. The first-order valence-corrected chi connectivity index (χ1v) is 7.84. The van der Waals surface area contributed by atoms with Crippen molar-refractivity contribution in [1.29, 1.82) is 0 Å². The molecule has 3 nitrogen and oxygen atoms in total. The fraction of sp³-hybridized carbons (Fsp3) is 0.647. The van der Waals surface area contributed by atoms with E-state index >= 15 is 0 Å². The third kappa shape index (κ3) is 3.53. The van der Waals surface area contributed by atoms with Crippen LogP contribution in [-0.4, -0.2) is 29.6 Å². The quantitative estimate of drug-likeness (QED) is 0.812. The van der Waals surface area contributed by atoms with Gasteiger partial charge in [-0.15, -0.1) is 0 Å².